The molecule has 26 heteroatoms. The number of ether oxygens (including phenoxy) is 3. The normalized spacial score (nSPS) is 16.6. The van der Waals surface area contributed by atoms with E-state index in [0.29, 0.717) is 16.5 Å². The maximum atomic E-state index is 13.2. The van der Waals surface area contributed by atoms with Crippen LogP contribution in [0, 0.1) is 6.92 Å². The lowest BCUT2D eigenvalue weighted by Gasteiger charge is -2.18. The summed E-state index contributed by atoms with van der Waals surface area (Å²) in [6.45, 7) is 0.775. The number of phosphoric ester groups is 1. The lowest BCUT2D eigenvalue weighted by molar-refractivity contribution is -0.122. The summed E-state index contributed by atoms with van der Waals surface area (Å²) in [6.07, 6.45) is -2.00. The molecule has 4 atom stereocenters. The number of carbonyl (C=O) groups excluding carboxylic acids is 2. The van der Waals surface area contributed by atoms with Gasteiger partial charge in [-0.25, -0.2) is 14.2 Å². The van der Waals surface area contributed by atoms with Crippen LogP contribution in [-0.2, 0) is 39.2 Å². The van der Waals surface area contributed by atoms with Crippen LogP contribution in [0.1, 0.15) is 38.9 Å². The van der Waals surface area contributed by atoms with Crippen molar-refractivity contribution in [1.29, 1.82) is 0 Å². The number of nitrogens with one attached hydrogen (secondary N) is 3. The van der Waals surface area contributed by atoms with Gasteiger partial charge in [0.1, 0.15) is 36.0 Å². The second-order valence-corrected chi connectivity index (χ2v) is 18.4. The Bertz CT molecular complexity index is 3130. The fourth-order valence-corrected chi connectivity index (χ4v) is 9.13. The van der Waals surface area contributed by atoms with E-state index in [0.717, 1.165) is 20.9 Å². The van der Waals surface area contributed by atoms with E-state index in [1.54, 1.807) is 6.07 Å². The van der Waals surface area contributed by atoms with Crippen LogP contribution in [-0.4, -0.2) is 133 Å². The first-order valence-corrected chi connectivity index (χ1v) is 24.2. The van der Waals surface area contributed by atoms with Crippen molar-refractivity contribution in [3.8, 4) is 40.0 Å². The minimum atomic E-state index is -4.65. The zero-order chi connectivity index (χ0) is 51.0. The van der Waals surface area contributed by atoms with Crippen molar-refractivity contribution in [2.75, 3.05) is 58.5 Å². The number of carboxylic acids is 1. The summed E-state index contributed by atoms with van der Waals surface area (Å²) >= 11 is 0.947. The van der Waals surface area contributed by atoms with E-state index in [-0.39, 0.29) is 108 Å². The van der Waals surface area contributed by atoms with Crippen LogP contribution >= 0.6 is 19.6 Å². The minimum Gasteiger partial charge on any atom is -0.508 e. The zero-order valence-corrected chi connectivity index (χ0v) is 39.3. The number of aromatic hydroxyl groups is 3. The lowest BCUT2D eigenvalue weighted by Crippen LogP contribution is -2.33. The molecule has 1 unspecified atom stereocenters. The van der Waals surface area contributed by atoms with Gasteiger partial charge in [0.2, 0.25) is 11.8 Å². The number of thioether (sulfide) groups is 1. The van der Waals surface area contributed by atoms with Crippen molar-refractivity contribution in [2.24, 2.45) is 0 Å². The first-order valence-electron chi connectivity index (χ1n) is 21.7. The first-order chi connectivity index (χ1) is 33.9. The number of hydrogen-bond donors (Lipinski definition) is 9. The number of phosphoric acid groups is 1. The van der Waals surface area contributed by atoms with E-state index in [1.165, 1.54) is 67.7 Å². The highest BCUT2D eigenvalue weighted by molar-refractivity contribution is 7.99. The molecule has 2 aromatic heterocycles. The predicted octanol–water partition coefficient (Wildman–Crippen LogP) is 2.49. The first kappa shape index (κ1) is 52.0. The van der Waals surface area contributed by atoms with Gasteiger partial charge in [-0.15, -0.1) is 11.8 Å². The molecule has 7 rings (SSSR count). The summed E-state index contributed by atoms with van der Waals surface area (Å²) in [4.78, 5) is 86.6. The van der Waals surface area contributed by atoms with Gasteiger partial charge in [0.05, 0.1) is 56.2 Å². The quantitative estimate of drug-likeness (QED) is 0.0193. The summed E-state index contributed by atoms with van der Waals surface area (Å²) in [5, 5.41) is 57.3. The van der Waals surface area contributed by atoms with Crippen LogP contribution in [0.2, 0.25) is 0 Å². The highest BCUT2D eigenvalue weighted by Crippen LogP contribution is 2.45. The van der Waals surface area contributed by atoms with E-state index in [9.17, 15) is 63.8 Å². The number of aliphatic hydroxyl groups is 1. The van der Waals surface area contributed by atoms with Gasteiger partial charge >= 0.3 is 19.5 Å². The Morgan fingerprint density at radius 3 is 2.39 bits per heavy atom. The van der Waals surface area contributed by atoms with Crippen LogP contribution in [0.25, 0.3) is 33.4 Å². The molecule has 378 valence electrons. The van der Waals surface area contributed by atoms with Crippen LogP contribution < -0.4 is 27.3 Å². The summed E-state index contributed by atoms with van der Waals surface area (Å²) in [7, 11) is -4.65. The number of amides is 2. The second-order valence-electron chi connectivity index (χ2n) is 15.8. The summed E-state index contributed by atoms with van der Waals surface area (Å²) in [6, 6.07) is 13.7. The van der Waals surface area contributed by atoms with Crippen molar-refractivity contribution in [2.45, 2.75) is 43.2 Å². The number of carboxylic acid groups (broad SMARTS) is 1. The maximum absolute atomic E-state index is 13.2. The van der Waals surface area contributed by atoms with Crippen molar-refractivity contribution in [3.63, 3.8) is 0 Å². The van der Waals surface area contributed by atoms with Crippen molar-refractivity contribution in [1.82, 2.24) is 24.8 Å². The zero-order valence-electron chi connectivity index (χ0n) is 37.6. The Labute approximate surface area is 405 Å². The fraction of sp³-hybridized carbons (Fsp3) is 0.333. The third-order valence-electron chi connectivity index (χ3n) is 10.9. The molecule has 71 heavy (non-hydrogen) atoms. The van der Waals surface area contributed by atoms with Gasteiger partial charge in [-0.1, -0.05) is 0 Å². The molecule has 24 nitrogen and oxygen atoms in total. The molecule has 9 N–H and O–H groups in total. The minimum absolute atomic E-state index is 0.00114. The third kappa shape index (κ3) is 12.9. The van der Waals surface area contributed by atoms with Gasteiger partial charge in [-0.05, 0) is 55.0 Å². The number of phenols is 1. The molecule has 1 fully saturated rings. The molecular weight excluding hydrogens is 978 g/mol. The number of hydrogen-bond acceptors (Lipinski definition) is 18. The Morgan fingerprint density at radius 2 is 1.65 bits per heavy atom. The van der Waals surface area contributed by atoms with E-state index in [2.05, 4.69) is 15.6 Å². The Kier molecular flexibility index (Phi) is 16.8. The average molecular weight is 1030 g/mol. The van der Waals surface area contributed by atoms with Gasteiger partial charge in [0, 0.05) is 77.3 Å². The van der Waals surface area contributed by atoms with Crippen molar-refractivity contribution in [3.05, 3.63) is 115 Å². The van der Waals surface area contributed by atoms with Crippen molar-refractivity contribution >= 4 is 48.3 Å². The number of carbonyl (C=O) groups is 3. The van der Waals surface area contributed by atoms with Gasteiger partial charge < -0.3 is 59.7 Å². The van der Waals surface area contributed by atoms with Crippen molar-refractivity contribution < 1.29 is 77.0 Å². The monoisotopic (exact) mass is 1030 g/mol. The Balaban J connectivity index is 0.777. The number of benzene rings is 3. The molecule has 0 saturated carbocycles. The average Bonchev–Trinajstić information content (AvgIpc) is 3.83. The summed E-state index contributed by atoms with van der Waals surface area (Å²) in [5.41, 5.74) is -0.174. The molecule has 4 heterocycles. The van der Waals surface area contributed by atoms with Crippen LogP contribution in [0.15, 0.2) is 90.6 Å². The third-order valence-corrected chi connectivity index (χ3v) is 12.9. The number of aromatic amines is 1. The van der Waals surface area contributed by atoms with Gasteiger partial charge in [-0.2, -0.15) is 0 Å². The Hall–Kier alpha value is -6.80. The highest BCUT2D eigenvalue weighted by atomic mass is 32.2. The van der Waals surface area contributed by atoms with E-state index in [4.69, 9.17) is 27.7 Å². The van der Waals surface area contributed by atoms with Gasteiger partial charge in [-0.3, -0.25) is 42.3 Å². The largest absolute Gasteiger partial charge is 0.508 e. The van der Waals surface area contributed by atoms with E-state index in [1.807, 2.05) is 0 Å². The molecule has 2 amide bonds. The molecule has 1 saturated heterocycles. The molecule has 2 aliphatic heterocycles. The van der Waals surface area contributed by atoms with E-state index >= 15 is 0 Å². The van der Waals surface area contributed by atoms with Crippen LogP contribution in [0.5, 0.6) is 17.5 Å². The highest BCUT2D eigenvalue weighted by Gasteiger charge is 2.38. The summed E-state index contributed by atoms with van der Waals surface area (Å²) < 4.78 is 47.0. The number of aliphatic hydroxyl groups excluding tert-OH is 1. The standard InChI is InChI=1S/C45H48N5O19PS/c1-24-21-50(45(61)48-41(24)56)39-19-32(53)35(69-39)23-67-70(62,63)66-14-15-71-36-20-38(55)49(43(36)58)22-37(54)46-8-10-64-12-13-65-11-9-47-42(57)25-2-5-28(44(59)60)31(16-25)40-29-6-3-26(51)17-33(29)68-34-18-27(52)4-7-30(34)40/h2-7,16-18,20-21,32,35,39,51,53,55,58H,8-15,19,22-23H2,1H3,(H,46,54)(H,47,57)(H,59,60)(H,62,63)(H,48,56,61)/t32-,35-,39-/m1/s1. The molecule has 3 aliphatic rings. The molecule has 2 aromatic carbocycles. The predicted molar refractivity (Wildman–Crippen MR) is 251 cm³/mol. The number of aromatic nitrogens is 3. The Morgan fingerprint density at radius 1 is 0.901 bits per heavy atom. The molecule has 4 aromatic rings. The molecular formula is C45H48N5O19PS. The lowest BCUT2D eigenvalue weighted by atomic mass is 9.89. The smallest absolute Gasteiger partial charge is 0.472 e. The molecule has 0 bridgehead atoms. The number of phenolic OH excluding ortho intramolecular Hbond substituents is 1. The van der Waals surface area contributed by atoms with E-state index < -0.39 is 80.2 Å². The second kappa shape index (κ2) is 23.0. The number of aryl methyl sites for hydroxylation is 1. The van der Waals surface area contributed by atoms with Crippen LogP contribution in [0.4, 0.5) is 0 Å². The fourth-order valence-electron chi connectivity index (χ4n) is 7.46. The van der Waals surface area contributed by atoms with Crippen LogP contribution in [0.3, 0.4) is 0 Å². The number of H-pyrrole nitrogens is 1. The number of fused-ring (bicyclic) bond motifs is 2. The molecule has 0 spiro atoms. The summed E-state index contributed by atoms with van der Waals surface area (Å²) in [5.74, 6) is -3.13. The topological polar surface area (TPSA) is 350 Å². The number of nitrogens with zero attached hydrogens (tertiary/aromatic N) is 2. The maximum Gasteiger partial charge on any atom is 0.472 e. The van der Waals surface area contributed by atoms with Gasteiger partial charge in [0.25, 0.3) is 11.5 Å². The molecule has 1 aliphatic carbocycles. The number of rotatable bonds is 23. The number of aromatic carboxylic acids is 1. The SMILES string of the molecule is Cc1cn([C@H]2C[C@@H](O)[C@@H](COP(=O)(O)OCCSc3cc(O)n(CC(=O)NCCOCCOCCNC(=O)c4ccc(C(=O)O)c(-c5c6ccc(=O)cc-6oc6cc(O)ccc56)c4)c3O)O2)c(=O)[nH]c1=O. The van der Waals surface area contributed by atoms with Gasteiger partial charge in [0.15, 0.2) is 11.3 Å². The molecule has 0 radical (unpaired) electrons.